The first-order valence-corrected chi connectivity index (χ1v) is 5.89. The number of benzene rings is 1. The highest BCUT2D eigenvalue weighted by molar-refractivity contribution is 9.10. The molecule has 1 aromatic carbocycles. The Balaban J connectivity index is 2.27. The molecule has 2 unspecified atom stereocenters. The van der Waals surface area contributed by atoms with Crippen molar-refractivity contribution >= 4 is 21.9 Å². The number of halogens is 3. The molecule has 0 bridgehead atoms. The molecule has 2 N–H and O–H groups in total. The van der Waals surface area contributed by atoms with Crippen molar-refractivity contribution in [3.63, 3.8) is 0 Å². The van der Waals surface area contributed by atoms with Gasteiger partial charge in [-0.3, -0.25) is 4.79 Å². The number of nitrogens with one attached hydrogen (secondary N) is 1. The molecule has 17 heavy (non-hydrogen) atoms. The summed E-state index contributed by atoms with van der Waals surface area (Å²) in [5, 5.41) is 11.7. The van der Waals surface area contributed by atoms with Gasteiger partial charge in [-0.1, -0.05) is 0 Å². The molecular weight excluding hydrogens is 296 g/mol. The topological polar surface area (TPSA) is 49.3 Å². The molecule has 3 nitrogen and oxygen atoms in total. The van der Waals surface area contributed by atoms with Gasteiger partial charge in [-0.25, -0.2) is 8.78 Å². The Hall–Kier alpha value is -1.01. The van der Waals surface area contributed by atoms with Crippen LogP contribution in [0.4, 0.5) is 8.78 Å². The van der Waals surface area contributed by atoms with Crippen molar-refractivity contribution in [3.8, 4) is 0 Å². The Morgan fingerprint density at radius 3 is 2.76 bits per heavy atom. The van der Waals surface area contributed by atoms with Gasteiger partial charge in [0, 0.05) is 18.2 Å². The summed E-state index contributed by atoms with van der Waals surface area (Å²) in [4.78, 5) is 10.8. The van der Waals surface area contributed by atoms with E-state index in [-0.39, 0.29) is 23.0 Å². The molecule has 1 aliphatic heterocycles. The largest absolute Gasteiger partial charge is 0.481 e. The molecule has 0 saturated carbocycles. The average molecular weight is 306 g/mol. The fraction of sp³-hybridized carbons (Fsp3) is 0.364. The highest BCUT2D eigenvalue weighted by Gasteiger charge is 2.32. The number of carboxylic acids is 1. The van der Waals surface area contributed by atoms with Crippen LogP contribution in [0.2, 0.25) is 0 Å². The second kappa shape index (κ2) is 4.70. The monoisotopic (exact) mass is 305 g/mol. The lowest BCUT2D eigenvalue weighted by molar-refractivity contribution is -0.141. The Morgan fingerprint density at radius 2 is 2.18 bits per heavy atom. The van der Waals surface area contributed by atoms with Gasteiger partial charge in [0.05, 0.1) is 10.4 Å². The summed E-state index contributed by atoms with van der Waals surface area (Å²) in [7, 11) is 0. The number of carboxylic acid groups (broad SMARTS) is 1. The van der Waals surface area contributed by atoms with Crippen molar-refractivity contribution in [2.45, 2.75) is 12.5 Å². The van der Waals surface area contributed by atoms with Crippen LogP contribution >= 0.6 is 15.9 Å². The molecule has 6 heteroatoms. The van der Waals surface area contributed by atoms with Crippen molar-refractivity contribution in [1.82, 2.24) is 5.32 Å². The third-order valence-electron chi connectivity index (χ3n) is 2.88. The minimum absolute atomic E-state index is 0.0491. The quantitative estimate of drug-likeness (QED) is 0.825. The minimum Gasteiger partial charge on any atom is -0.481 e. The number of rotatable bonds is 2. The zero-order valence-corrected chi connectivity index (χ0v) is 10.3. The molecule has 0 radical (unpaired) electrons. The van der Waals surface area contributed by atoms with E-state index in [1.54, 1.807) is 0 Å². The van der Waals surface area contributed by atoms with Crippen molar-refractivity contribution in [2.24, 2.45) is 5.92 Å². The fourth-order valence-electron chi connectivity index (χ4n) is 1.99. The maximum atomic E-state index is 13.8. The molecule has 1 fully saturated rings. The molecule has 1 heterocycles. The van der Waals surface area contributed by atoms with Crippen LogP contribution in [0.3, 0.4) is 0 Å². The van der Waals surface area contributed by atoms with Gasteiger partial charge in [-0.15, -0.1) is 0 Å². The van der Waals surface area contributed by atoms with Crippen LogP contribution in [-0.2, 0) is 4.79 Å². The smallest absolute Gasteiger partial charge is 0.307 e. The standard InChI is InChI=1S/C11H10BrF2NO2/c12-8-3-6(13)2-7(10(8)14)9-1-5(4-15-9)11(16)17/h2-3,5,9,15H,1,4H2,(H,16,17). The zero-order chi connectivity index (χ0) is 12.6. The number of carbonyl (C=O) groups is 1. The predicted molar refractivity (Wildman–Crippen MR) is 60.5 cm³/mol. The van der Waals surface area contributed by atoms with Crippen molar-refractivity contribution in [2.75, 3.05) is 6.54 Å². The lowest BCUT2D eigenvalue weighted by Crippen LogP contribution is -2.17. The summed E-state index contributed by atoms with van der Waals surface area (Å²) in [5.74, 6) is -2.57. The number of aliphatic carboxylic acids is 1. The summed E-state index contributed by atoms with van der Waals surface area (Å²) in [5.41, 5.74) is 0.167. The lowest BCUT2D eigenvalue weighted by atomic mass is 10.00. The van der Waals surface area contributed by atoms with Crippen LogP contribution in [0.5, 0.6) is 0 Å². The Kier molecular flexibility index (Phi) is 3.44. The van der Waals surface area contributed by atoms with E-state index >= 15 is 0 Å². The van der Waals surface area contributed by atoms with Gasteiger partial charge < -0.3 is 10.4 Å². The van der Waals surface area contributed by atoms with Crippen LogP contribution in [0, 0.1) is 17.6 Å². The van der Waals surface area contributed by atoms with Crippen molar-refractivity contribution in [1.29, 1.82) is 0 Å². The van der Waals surface area contributed by atoms with Crippen LogP contribution in [0.15, 0.2) is 16.6 Å². The summed E-state index contributed by atoms with van der Waals surface area (Å²) in [6.45, 7) is 0.271. The molecular formula is C11H10BrF2NO2. The predicted octanol–water partition coefficient (Wildman–Crippen LogP) is 2.46. The van der Waals surface area contributed by atoms with E-state index in [9.17, 15) is 13.6 Å². The highest BCUT2D eigenvalue weighted by atomic mass is 79.9. The van der Waals surface area contributed by atoms with E-state index in [4.69, 9.17) is 5.11 Å². The van der Waals surface area contributed by atoms with E-state index < -0.39 is 29.6 Å². The molecule has 2 atom stereocenters. The molecule has 0 spiro atoms. The number of hydrogen-bond acceptors (Lipinski definition) is 2. The van der Waals surface area contributed by atoms with Crippen LogP contribution < -0.4 is 5.32 Å². The summed E-state index contributed by atoms with van der Waals surface area (Å²) in [6.07, 6.45) is 0.266. The van der Waals surface area contributed by atoms with Gasteiger partial charge in [0.2, 0.25) is 0 Å². The van der Waals surface area contributed by atoms with Crippen LogP contribution in [-0.4, -0.2) is 17.6 Å². The highest BCUT2D eigenvalue weighted by Crippen LogP contribution is 2.32. The van der Waals surface area contributed by atoms with E-state index in [2.05, 4.69) is 21.2 Å². The van der Waals surface area contributed by atoms with Gasteiger partial charge in [0.1, 0.15) is 11.6 Å². The maximum Gasteiger partial charge on any atom is 0.307 e. The summed E-state index contributed by atoms with van der Waals surface area (Å²) in [6, 6.07) is 1.69. The third-order valence-corrected chi connectivity index (χ3v) is 3.45. The van der Waals surface area contributed by atoms with E-state index in [1.165, 1.54) is 0 Å². The SMILES string of the molecule is O=C(O)C1CNC(c2cc(F)cc(Br)c2F)C1. The first-order valence-electron chi connectivity index (χ1n) is 5.09. The normalized spacial score (nSPS) is 23.9. The molecule has 2 rings (SSSR count). The molecule has 1 aromatic rings. The van der Waals surface area contributed by atoms with Crippen LogP contribution in [0.1, 0.15) is 18.0 Å². The molecule has 1 aliphatic rings. The average Bonchev–Trinajstić information content (AvgIpc) is 2.72. The van der Waals surface area contributed by atoms with Gasteiger partial charge in [-0.2, -0.15) is 0 Å². The van der Waals surface area contributed by atoms with Gasteiger partial charge in [0.25, 0.3) is 0 Å². The molecule has 92 valence electrons. The van der Waals surface area contributed by atoms with E-state index in [0.29, 0.717) is 0 Å². The second-order valence-electron chi connectivity index (χ2n) is 4.02. The maximum absolute atomic E-state index is 13.8. The summed E-state index contributed by atoms with van der Waals surface area (Å²) < 4.78 is 27.0. The molecule has 0 aliphatic carbocycles. The van der Waals surface area contributed by atoms with Gasteiger partial charge in [0.15, 0.2) is 0 Å². The third kappa shape index (κ3) is 2.47. The lowest BCUT2D eigenvalue weighted by Gasteiger charge is -2.12. The van der Waals surface area contributed by atoms with E-state index in [0.717, 1.165) is 12.1 Å². The molecule has 0 amide bonds. The van der Waals surface area contributed by atoms with Gasteiger partial charge >= 0.3 is 5.97 Å². The Morgan fingerprint density at radius 1 is 1.47 bits per heavy atom. The van der Waals surface area contributed by atoms with Gasteiger partial charge in [-0.05, 0) is 34.5 Å². The van der Waals surface area contributed by atoms with E-state index in [1.807, 2.05) is 0 Å². The minimum atomic E-state index is -0.920. The molecule has 1 saturated heterocycles. The summed E-state index contributed by atoms with van der Waals surface area (Å²) >= 11 is 2.93. The van der Waals surface area contributed by atoms with Crippen molar-refractivity contribution < 1.29 is 18.7 Å². The fourth-order valence-corrected chi connectivity index (χ4v) is 2.44. The van der Waals surface area contributed by atoms with Crippen LogP contribution in [0.25, 0.3) is 0 Å². The second-order valence-corrected chi connectivity index (χ2v) is 4.88. The number of hydrogen-bond donors (Lipinski definition) is 2. The van der Waals surface area contributed by atoms with Crippen molar-refractivity contribution in [3.05, 3.63) is 33.8 Å². The zero-order valence-electron chi connectivity index (χ0n) is 8.71. The first kappa shape index (κ1) is 12.4. The molecule has 0 aromatic heterocycles. The first-order chi connectivity index (χ1) is 7.99. The Bertz CT molecular complexity index is 467. The Labute approximate surface area is 105 Å².